The van der Waals surface area contributed by atoms with Gasteiger partial charge in [0.05, 0.1) is 0 Å². The molecule has 0 radical (unpaired) electrons. The lowest BCUT2D eigenvalue weighted by molar-refractivity contribution is -0.154. The maximum absolute atomic E-state index is 12.1. The summed E-state index contributed by atoms with van der Waals surface area (Å²) in [6, 6.07) is 0. The van der Waals surface area contributed by atoms with Crippen LogP contribution in [0, 0.1) is 5.41 Å². The smallest absolute Gasteiger partial charge is 0.229 e. The number of carbonyl (C=O) groups excluding carboxylic acids is 2. The third-order valence-corrected chi connectivity index (χ3v) is 4.15. The molecule has 1 spiro atoms. The maximum atomic E-state index is 12.1. The Morgan fingerprint density at radius 3 is 2.24 bits per heavy atom. The van der Waals surface area contributed by atoms with Crippen LogP contribution < -0.4 is 5.32 Å². The molecule has 96 valence electrons. The average Bonchev–Trinajstić information content (AvgIpc) is 2.29. The highest BCUT2D eigenvalue weighted by molar-refractivity contribution is 5.98. The molecule has 1 heterocycles. The van der Waals surface area contributed by atoms with Crippen LogP contribution in [0.2, 0.25) is 0 Å². The van der Waals surface area contributed by atoms with Gasteiger partial charge in [0.1, 0.15) is 0 Å². The molecule has 1 aliphatic carbocycles. The minimum absolute atomic E-state index is 0.0164. The molecular formula is C13H22N2O2. The van der Waals surface area contributed by atoms with Crippen LogP contribution in [-0.2, 0) is 9.59 Å². The molecule has 0 aromatic carbocycles. The van der Waals surface area contributed by atoms with Crippen molar-refractivity contribution < 1.29 is 9.59 Å². The van der Waals surface area contributed by atoms with E-state index in [9.17, 15) is 9.59 Å². The third-order valence-electron chi connectivity index (χ3n) is 4.15. The molecule has 4 nitrogen and oxygen atoms in total. The van der Waals surface area contributed by atoms with Crippen molar-refractivity contribution in [2.75, 3.05) is 20.1 Å². The number of nitrogens with one attached hydrogen (secondary N) is 1. The summed E-state index contributed by atoms with van der Waals surface area (Å²) < 4.78 is 0. The number of hydrogen-bond donors (Lipinski definition) is 1. The molecule has 0 atom stereocenters. The summed E-state index contributed by atoms with van der Waals surface area (Å²) in [5, 5.41) is 2.98. The number of rotatable bonds is 3. The fraction of sp³-hybridized carbons (Fsp3) is 0.846. The predicted octanol–water partition coefficient (Wildman–Crippen LogP) is 1.31. The van der Waals surface area contributed by atoms with E-state index in [0.717, 1.165) is 12.8 Å². The molecule has 1 saturated heterocycles. The first-order valence-corrected chi connectivity index (χ1v) is 6.65. The van der Waals surface area contributed by atoms with Crippen molar-refractivity contribution in [1.82, 2.24) is 10.2 Å². The van der Waals surface area contributed by atoms with Crippen LogP contribution in [0.25, 0.3) is 0 Å². The van der Waals surface area contributed by atoms with E-state index in [2.05, 4.69) is 5.32 Å². The molecule has 2 amide bonds. The molecule has 2 fully saturated rings. The van der Waals surface area contributed by atoms with E-state index in [1.54, 1.807) is 0 Å². The summed E-state index contributed by atoms with van der Waals surface area (Å²) in [6.07, 6.45) is 6.90. The lowest BCUT2D eigenvalue weighted by Gasteiger charge is -2.42. The molecule has 0 unspecified atom stereocenters. The molecule has 1 aliphatic heterocycles. The first-order valence-electron chi connectivity index (χ1n) is 6.65. The monoisotopic (exact) mass is 238 g/mol. The normalized spacial score (nSPS) is 24.4. The van der Waals surface area contributed by atoms with Crippen LogP contribution in [0.5, 0.6) is 0 Å². The zero-order valence-electron chi connectivity index (χ0n) is 10.6. The summed E-state index contributed by atoms with van der Waals surface area (Å²) in [6.45, 7) is 1.20. The Morgan fingerprint density at radius 2 is 1.71 bits per heavy atom. The summed E-state index contributed by atoms with van der Waals surface area (Å²) in [5.74, 6) is 0.0804. The lowest BCUT2D eigenvalue weighted by Crippen LogP contribution is -2.50. The molecule has 1 N–H and O–H groups in total. The van der Waals surface area contributed by atoms with Crippen LogP contribution >= 0.6 is 0 Å². The van der Waals surface area contributed by atoms with Gasteiger partial charge in [0.15, 0.2) is 0 Å². The molecule has 0 bridgehead atoms. The van der Waals surface area contributed by atoms with Crippen molar-refractivity contribution in [3.63, 3.8) is 0 Å². The first kappa shape index (κ1) is 12.6. The number of likely N-dealkylation sites (N-methyl/N-ethyl adjacent to an activating group) is 1. The standard InChI is InChI=1S/C13H22N2O2/c1-14-7-8-15-11(16)9-13(10-12(15)17)5-3-2-4-6-13/h14H,2-10H2,1H3. The quantitative estimate of drug-likeness (QED) is 0.754. The summed E-state index contributed by atoms with van der Waals surface area (Å²) in [7, 11) is 1.83. The predicted molar refractivity (Wildman–Crippen MR) is 65.4 cm³/mol. The van der Waals surface area contributed by atoms with E-state index < -0.39 is 0 Å². The Balaban J connectivity index is 2.01. The van der Waals surface area contributed by atoms with Gasteiger partial charge in [-0.05, 0) is 25.3 Å². The fourth-order valence-corrected chi connectivity index (χ4v) is 3.16. The van der Waals surface area contributed by atoms with Gasteiger partial charge in [-0.25, -0.2) is 0 Å². The van der Waals surface area contributed by atoms with Gasteiger partial charge in [-0.3, -0.25) is 14.5 Å². The number of nitrogens with zero attached hydrogens (tertiary/aromatic N) is 1. The zero-order valence-corrected chi connectivity index (χ0v) is 10.6. The second kappa shape index (κ2) is 5.17. The van der Waals surface area contributed by atoms with E-state index in [4.69, 9.17) is 0 Å². The number of hydrogen-bond acceptors (Lipinski definition) is 3. The van der Waals surface area contributed by atoms with Crippen LogP contribution in [0.3, 0.4) is 0 Å². The van der Waals surface area contributed by atoms with Gasteiger partial charge in [-0.15, -0.1) is 0 Å². The zero-order chi connectivity index (χ0) is 12.3. The average molecular weight is 238 g/mol. The second-order valence-corrected chi connectivity index (χ2v) is 5.46. The highest BCUT2D eigenvalue weighted by Crippen LogP contribution is 2.45. The topological polar surface area (TPSA) is 49.4 Å². The van der Waals surface area contributed by atoms with Crippen LogP contribution in [0.1, 0.15) is 44.9 Å². The summed E-state index contributed by atoms with van der Waals surface area (Å²) >= 11 is 0. The summed E-state index contributed by atoms with van der Waals surface area (Å²) in [5.41, 5.74) is 0.0164. The molecule has 2 rings (SSSR count). The maximum Gasteiger partial charge on any atom is 0.229 e. The van der Waals surface area contributed by atoms with Crippen molar-refractivity contribution in [2.24, 2.45) is 5.41 Å². The van der Waals surface area contributed by atoms with Crippen molar-refractivity contribution in [3.8, 4) is 0 Å². The minimum Gasteiger partial charge on any atom is -0.318 e. The van der Waals surface area contributed by atoms with Crippen LogP contribution in [-0.4, -0.2) is 36.9 Å². The number of piperidine rings is 1. The van der Waals surface area contributed by atoms with Crippen LogP contribution in [0.4, 0.5) is 0 Å². The summed E-state index contributed by atoms with van der Waals surface area (Å²) in [4.78, 5) is 25.6. The second-order valence-electron chi connectivity index (χ2n) is 5.46. The van der Waals surface area contributed by atoms with Gasteiger partial charge in [0, 0.05) is 25.9 Å². The van der Waals surface area contributed by atoms with E-state index in [0.29, 0.717) is 25.9 Å². The molecular weight excluding hydrogens is 216 g/mol. The molecule has 0 aromatic rings. The molecule has 4 heteroatoms. The van der Waals surface area contributed by atoms with E-state index >= 15 is 0 Å². The van der Waals surface area contributed by atoms with Gasteiger partial charge >= 0.3 is 0 Å². The Kier molecular flexibility index (Phi) is 3.82. The van der Waals surface area contributed by atoms with E-state index in [-0.39, 0.29) is 17.2 Å². The van der Waals surface area contributed by atoms with E-state index in [1.807, 2.05) is 7.05 Å². The third kappa shape index (κ3) is 2.68. The van der Waals surface area contributed by atoms with Gasteiger partial charge in [-0.2, -0.15) is 0 Å². The van der Waals surface area contributed by atoms with Gasteiger partial charge in [-0.1, -0.05) is 19.3 Å². The fourth-order valence-electron chi connectivity index (χ4n) is 3.16. The lowest BCUT2D eigenvalue weighted by atomic mass is 9.67. The minimum atomic E-state index is 0.0164. The molecule has 0 aromatic heterocycles. The molecule has 2 aliphatic rings. The highest BCUT2D eigenvalue weighted by Gasteiger charge is 2.43. The Bertz CT molecular complexity index is 289. The SMILES string of the molecule is CNCCN1C(=O)CC2(CCCCC2)CC1=O. The van der Waals surface area contributed by atoms with Crippen molar-refractivity contribution in [3.05, 3.63) is 0 Å². The van der Waals surface area contributed by atoms with Crippen molar-refractivity contribution >= 4 is 11.8 Å². The number of likely N-dealkylation sites (tertiary alicyclic amines) is 1. The Morgan fingerprint density at radius 1 is 1.12 bits per heavy atom. The number of amides is 2. The Hall–Kier alpha value is -0.900. The van der Waals surface area contributed by atoms with Gasteiger partial charge in [0.2, 0.25) is 11.8 Å². The number of imide groups is 1. The molecule has 17 heavy (non-hydrogen) atoms. The first-order chi connectivity index (χ1) is 8.17. The number of carbonyl (C=O) groups is 2. The van der Waals surface area contributed by atoms with E-state index in [1.165, 1.54) is 24.2 Å². The van der Waals surface area contributed by atoms with Gasteiger partial charge < -0.3 is 5.32 Å². The van der Waals surface area contributed by atoms with Crippen molar-refractivity contribution in [2.45, 2.75) is 44.9 Å². The molecule has 1 saturated carbocycles. The highest BCUT2D eigenvalue weighted by atomic mass is 16.2. The van der Waals surface area contributed by atoms with Crippen molar-refractivity contribution in [1.29, 1.82) is 0 Å². The van der Waals surface area contributed by atoms with Gasteiger partial charge in [0.25, 0.3) is 0 Å². The largest absolute Gasteiger partial charge is 0.318 e. The Labute approximate surface area is 103 Å². The van der Waals surface area contributed by atoms with Crippen LogP contribution in [0.15, 0.2) is 0 Å².